The van der Waals surface area contributed by atoms with Gasteiger partial charge in [0.05, 0.1) is 37.3 Å². The molecule has 1 rings (SSSR count). The van der Waals surface area contributed by atoms with Crippen LogP contribution in [-0.2, 0) is 19.1 Å². The smallest absolute Gasteiger partial charge is 0.236 e. The fourth-order valence-electron chi connectivity index (χ4n) is 4.63. The molecular formula is C22H43N3O4. The Hall–Kier alpha value is -1.18. The largest absolute Gasteiger partial charge is 0.379 e. The Bertz CT molecular complexity index is 514. The minimum atomic E-state index is -0.343. The fourth-order valence-corrected chi connectivity index (χ4v) is 4.63. The number of carbonyl (C=O) groups is 2. The third-order valence-corrected chi connectivity index (χ3v) is 6.38. The van der Waals surface area contributed by atoms with Crippen molar-refractivity contribution in [1.82, 2.24) is 15.1 Å². The van der Waals surface area contributed by atoms with Gasteiger partial charge in [-0.05, 0) is 31.7 Å². The molecule has 0 bridgehead atoms. The summed E-state index contributed by atoms with van der Waals surface area (Å²) in [5.41, 5.74) is 0. The van der Waals surface area contributed by atoms with Crippen LogP contribution >= 0.6 is 0 Å². The Morgan fingerprint density at radius 2 is 1.86 bits per heavy atom. The van der Waals surface area contributed by atoms with Crippen LogP contribution in [-0.4, -0.2) is 87.3 Å². The zero-order valence-corrected chi connectivity index (χ0v) is 19.7. The van der Waals surface area contributed by atoms with E-state index in [0.717, 1.165) is 25.8 Å². The predicted molar refractivity (Wildman–Crippen MR) is 116 cm³/mol. The molecule has 29 heavy (non-hydrogen) atoms. The van der Waals surface area contributed by atoms with Crippen LogP contribution < -0.4 is 5.32 Å². The molecule has 1 N–H and O–H groups in total. The molecule has 0 spiro atoms. The van der Waals surface area contributed by atoms with Crippen LogP contribution in [0.25, 0.3) is 0 Å². The second-order valence-corrected chi connectivity index (χ2v) is 8.63. The van der Waals surface area contributed by atoms with E-state index in [-0.39, 0.29) is 55.0 Å². The van der Waals surface area contributed by atoms with Crippen LogP contribution in [0.4, 0.5) is 0 Å². The van der Waals surface area contributed by atoms with Gasteiger partial charge < -0.3 is 24.6 Å². The lowest BCUT2D eigenvalue weighted by Gasteiger charge is -2.39. The van der Waals surface area contributed by atoms with E-state index >= 15 is 0 Å². The summed E-state index contributed by atoms with van der Waals surface area (Å²) in [4.78, 5) is 29.5. The number of hydrogen-bond acceptors (Lipinski definition) is 5. The SMILES string of the molecule is CCC(C)C(C(CC(=O)N1CCC[C@H]1C(OC)C(C)C)OC)N(C)C(=O)CNC. The lowest BCUT2D eigenvalue weighted by atomic mass is 9.90. The van der Waals surface area contributed by atoms with Crippen LogP contribution in [0.1, 0.15) is 53.4 Å². The minimum Gasteiger partial charge on any atom is -0.379 e. The molecule has 0 radical (unpaired) electrons. The highest BCUT2D eigenvalue weighted by Gasteiger charge is 2.39. The van der Waals surface area contributed by atoms with Crippen molar-refractivity contribution in [3.63, 3.8) is 0 Å². The summed E-state index contributed by atoms with van der Waals surface area (Å²) in [6.07, 6.45) is 2.83. The number of nitrogens with one attached hydrogen (secondary N) is 1. The molecule has 1 heterocycles. The summed E-state index contributed by atoms with van der Waals surface area (Å²) >= 11 is 0. The topological polar surface area (TPSA) is 71.1 Å². The first-order valence-corrected chi connectivity index (χ1v) is 11.0. The number of ether oxygens (including phenoxy) is 2. The number of carbonyl (C=O) groups excluding carboxylic acids is 2. The van der Waals surface area contributed by atoms with E-state index in [1.54, 1.807) is 26.2 Å². The maximum absolute atomic E-state index is 13.3. The second kappa shape index (κ2) is 12.5. The van der Waals surface area contributed by atoms with Gasteiger partial charge in [0.25, 0.3) is 0 Å². The molecule has 0 aromatic rings. The Morgan fingerprint density at radius 1 is 1.21 bits per heavy atom. The maximum Gasteiger partial charge on any atom is 0.236 e. The van der Waals surface area contributed by atoms with Gasteiger partial charge in [0.15, 0.2) is 0 Å². The van der Waals surface area contributed by atoms with Crippen LogP contribution in [0, 0.1) is 11.8 Å². The molecule has 1 fully saturated rings. The average Bonchev–Trinajstić information content (AvgIpc) is 3.16. The van der Waals surface area contributed by atoms with Gasteiger partial charge in [-0.15, -0.1) is 0 Å². The zero-order chi connectivity index (χ0) is 22.1. The molecule has 0 aromatic carbocycles. The van der Waals surface area contributed by atoms with Gasteiger partial charge in [0.2, 0.25) is 11.8 Å². The highest BCUT2D eigenvalue weighted by molar-refractivity contribution is 5.79. The first-order chi connectivity index (χ1) is 13.7. The van der Waals surface area contributed by atoms with Crippen molar-refractivity contribution in [3.8, 4) is 0 Å². The van der Waals surface area contributed by atoms with Crippen LogP contribution in [0.5, 0.6) is 0 Å². The normalized spacial score (nSPS) is 21.1. The number of methoxy groups -OCH3 is 2. The average molecular weight is 414 g/mol. The number of likely N-dealkylation sites (N-methyl/N-ethyl adjacent to an activating group) is 2. The Morgan fingerprint density at radius 3 is 2.34 bits per heavy atom. The maximum atomic E-state index is 13.3. The molecule has 7 heteroatoms. The molecule has 0 saturated carbocycles. The first-order valence-electron chi connectivity index (χ1n) is 11.0. The quantitative estimate of drug-likeness (QED) is 0.531. The van der Waals surface area contributed by atoms with Gasteiger partial charge in [-0.1, -0.05) is 34.1 Å². The highest BCUT2D eigenvalue weighted by Crippen LogP contribution is 2.28. The van der Waals surface area contributed by atoms with E-state index in [4.69, 9.17) is 9.47 Å². The van der Waals surface area contributed by atoms with E-state index in [9.17, 15) is 9.59 Å². The van der Waals surface area contributed by atoms with Crippen LogP contribution in [0.3, 0.4) is 0 Å². The third kappa shape index (κ3) is 6.66. The van der Waals surface area contributed by atoms with E-state index in [1.165, 1.54) is 0 Å². The van der Waals surface area contributed by atoms with Crippen molar-refractivity contribution < 1.29 is 19.1 Å². The number of rotatable bonds is 12. The predicted octanol–water partition coefficient (Wildman–Crippen LogP) is 2.15. The molecule has 1 aliphatic rings. The number of amides is 2. The molecule has 4 unspecified atom stereocenters. The van der Waals surface area contributed by atoms with E-state index in [2.05, 4.69) is 33.0 Å². The van der Waals surface area contributed by atoms with Gasteiger partial charge >= 0.3 is 0 Å². The molecule has 1 aliphatic heterocycles. The summed E-state index contributed by atoms with van der Waals surface area (Å²) in [6, 6.07) is -0.0464. The van der Waals surface area contributed by atoms with Crippen molar-refractivity contribution in [2.24, 2.45) is 11.8 Å². The van der Waals surface area contributed by atoms with Gasteiger partial charge in [-0.2, -0.15) is 0 Å². The summed E-state index contributed by atoms with van der Waals surface area (Å²) in [6.45, 7) is 9.51. The van der Waals surface area contributed by atoms with Crippen LogP contribution in [0.15, 0.2) is 0 Å². The first kappa shape index (κ1) is 25.9. The molecule has 1 saturated heterocycles. The van der Waals surface area contributed by atoms with Gasteiger partial charge in [-0.3, -0.25) is 9.59 Å². The second-order valence-electron chi connectivity index (χ2n) is 8.63. The van der Waals surface area contributed by atoms with E-state index in [1.807, 2.05) is 11.9 Å². The molecule has 5 atom stereocenters. The number of likely N-dealkylation sites (tertiary alicyclic amines) is 1. The standard InChI is InChI=1S/C22H43N3O4/c1-9-16(4)21(24(6)20(27)14-23-5)18(28-7)13-19(26)25-12-10-11-17(25)22(29-8)15(2)3/h15-18,21-23H,9-14H2,1-8H3/t16?,17-,18?,21?,22?/m0/s1. The molecule has 2 amide bonds. The number of hydrogen-bond donors (Lipinski definition) is 1. The van der Waals surface area contributed by atoms with Crippen molar-refractivity contribution in [3.05, 3.63) is 0 Å². The summed E-state index contributed by atoms with van der Waals surface area (Å²) in [5, 5.41) is 2.92. The summed E-state index contributed by atoms with van der Waals surface area (Å²) in [5.74, 6) is 0.653. The Labute approximate surface area is 177 Å². The van der Waals surface area contributed by atoms with Gasteiger partial charge in [0.1, 0.15) is 0 Å². The zero-order valence-electron chi connectivity index (χ0n) is 19.7. The lowest BCUT2D eigenvalue weighted by molar-refractivity contribution is -0.144. The Balaban J connectivity index is 2.99. The molecular weight excluding hydrogens is 370 g/mol. The lowest BCUT2D eigenvalue weighted by Crippen LogP contribution is -2.53. The van der Waals surface area contributed by atoms with Crippen molar-refractivity contribution in [2.75, 3.05) is 41.4 Å². The molecule has 0 aliphatic carbocycles. The third-order valence-electron chi connectivity index (χ3n) is 6.38. The fraction of sp³-hybridized carbons (Fsp3) is 0.909. The highest BCUT2D eigenvalue weighted by atomic mass is 16.5. The van der Waals surface area contributed by atoms with Gasteiger partial charge in [0, 0.05) is 27.8 Å². The van der Waals surface area contributed by atoms with Gasteiger partial charge in [-0.25, -0.2) is 0 Å². The number of nitrogens with zero attached hydrogens (tertiary/aromatic N) is 2. The molecule has 7 nitrogen and oxygen atoms in total. The molecule has 0 aromatic heterocycles. The monoisotopic (exact) mass is 413 g/mol. The van der Waals surface area contributed by atoms with Crippen LogP contribution in [0.2, 0.25) is 0 Å². The summed E-state index contributed by atoms with van der Waals surface area (Å²) in [7, 11) is 6.93. The van der Waals surface area contributed by atoms with Crippen molar-refractivity contribution in [1.29, 1.82) is 0 Å². The summed E-state index contributed by atoms with van der Waals surface area (Å²) < 4.78 is 11.5. The van der Waals surface area contributed by atoms with Crippen molar-refractivity contribution in [2.45, 2.75) is 77.7 Å². The molecule has 170 valence electrons. The minimum absolute atomic E-state index is 0.00519. The van der Waals surface area contributed by atoms with E-state index < -0.39 is 0 Å². The van der Waals surface area contributed by atoms with E-state index in [0.29, 0.717) is 5.92 Å². The van der Waals surface area contributed by atoms with Crippen molar-refractivity contribution >= 4 is 11.8 Å². The Kier molecular flexibility index (Phi) is 11.1.